The zero-order valence-electron chi connectivity index (χ0n) is 28.1. The van der Waals surface area contributed by atoms with Crippen molar-refractivity contribution in [2.24, 2.45) is 0 Å². The van der Waals surface area contributed by atoms with E-state index in [2.05, 4.69) is 63.3 Å². The molecule has 9 nitrogen and oxygen atoms in total. The molecule has 2 aliphatic heterocycles. The molecule has 0 unspecified atom stereocenters. The predicted octanol–water partition coefficient (Wildman–Crippen LogP) is 6.83. The van der Waals surface area contributed by atoms with Crippen LogP contribution in [-0.2, 0) is 4.57 Å². The summed E-state index contributed by atoms with van der Waals surface area (Å²) in [6.45, 7) is 18.8. The molecule has 0 aliphatic carbocycles. The predicted molar refractivity (Wildman–Crippen MR) is 190 cm³/mol. The summed E-state index contributed by atoms with van der Waals surface area (Å²) < 4.78 is 19.2. The van der Waals surface area contributed by atoms with Gasteiger partial charge in [-0.1, -0.05) is 31.5 Å². The number of piperidine rings is 1. The van der Waals surface area contributed by atoms with Crippen molar-refractivity contribution in [2.45, 2.75) is 52.5 Å². The first-order valence-corrected chi connectivity index (χ1v) is 19.0. The molecule has 2 saturated heterocycles. The molecule has 0 atom stereocenters. The fraction of sp³-hybridized carbons (Fsp3) is 0.529. The highest BCUT2D eigenvalue weighted by Crippen LogP contribution is 2.42. The summed E-state index contributed by atoms with van der Waals surface area (Å²) in [5, 5.41) is 7.91. The van der Waals surface area contributed by atoms with Crippen LogP contribution in [0.15, 0.2) is 30.5 Å². The van der Waals surface area contributed by atoms with Crippen LogP contribution in [0, 0.1) is 13.8 Å². The van der Waals surface area contributed by atoms with Crippen molar-refractivity contribution in [2.75, 3.05) is 82.3 Å². The number of rotatable bonds is 9. The van der Waals surface area contributed by atoms with E-state index in [0.29, 0.717) is 28.7 Å². The quantitative estimate of drug-likeness (QED) is 0.241. The maximum Gasteiger partial charge on any atom is 0.229 e. The van der Waals surface area contributed by atoms with E-state index >= 15 is 0 Å². The van der Waals surface area contributed by atoms with Crippen LogP contribution in [0.5, 0.6) is 5.75 Å². The molecular formula is C34H49ClN7O2P. The first-order valence-electron chi connectivity index (χ1n) is 16.0. The minimum absolute atomic E-state index is 0.312. The number of aromatic nitrogens is 2. The van der Waals surface area contributed by atoms with Crippen LogP contribution in [0.4, 0.5) is 28.8 Å². The van der Waals surface area contributed by atoms with Gasteiger partial charge in [-0.25, -0.2) is 4.98 Å². The summed E-state index contributed by atoms with van der Waals surface area (Å²) in [5.74, 6) is 1.87. The number of nitrogens with one attached hydrogen (secondary N) is 2. The molecule has 3 aromatic rings. The fourth-order valence-electron chi connectivity index (χ4n) is 6.61. The number of anilines is 5. The molecule has 2 N–H and O–H groups in total. The average Bonchev–Trinajstić information content (AvgIpc) is 3.00. The second kappa shape index (κ2) is 13.9. The van der Waals surface area contributed by atoms with Crippen molar-refractivity contribution >= 4 is 52.9 Å². The van der Waals surface area contributed by atoms with Crippen LogP contribution in [0.25, 0.3) is 0 Å². The monoisotopic (exact) mass is 653 g/mol. The molecule has 2 fully saturated rings. The molecule has 11 heteroatoms. The van der Waals surface area contributed by atoms with Gasteiger partial charge in [-0.05, 0) is 81.8 Å². The molecular weight excluding hydrogens is 605 g/mol. The van der Waals surface area contributed by atoms with Gasteiger partial charge in [0.1, 0.15) is 17.9 Å². The number of benzene rings is 2. The molecule has 0 radical (unpaired) electrons. The number of hydrogen-bond donors (Lipinski definition) is 2. The zero-order chi connectivity index (χ0) is 32.5. The zero-order valence-corrected chi connectivity index (χ0v) is 29.7. The molecule has 0 spiro atoms. The number of ether oxygens (including phenoxy) is 1. The summed E-state index contributed by atoms with van der Waals surface area (Å²) in [6, 6.07) is 8.94. The van der Waals surface area contributed by atoms with Crippen LogP contribution >= 0.6 is 18.7 Å². The molecule has 1 aromatic heterocycles. The Kier molecular flexibility index (Phi) is 10.3. The Labute approximate surface area is 274 Å². The molecule has 0 bridgehead atoms. The number of aryl methyl sites for hydroxylation is 1. The molecule has 244 valence electrons. The van der Waals surface area contributed by atoms with Gasteiger partial charge in [-0.15, -0.1) is 0 Å². The van der Waals surface area contributed by atoms with Crippen LogP contribution in [0.3, 0.4) is 0 Å². The number of methoxy groups -OCH3 is 1. The van der Waals surface area contributed by atoms with Gasteiger partial charge in [-0.2, -0.15) is 4.98 Å². The molecule has 2 aromatic carbocycles. The van der Waals surface area contributed by atoms with Gasteiger partial charge in [0.25, 0.3) is 0 Å². The normalized spacial score (nSPS) is 17.2. The van der Waals surface area contributed by atoms with Crippen LogP contribution in [0.2, 0.25) is 5.02 Å². The standard InChI is InChI=1S/C34H49ClN7O2P/c1-22(2)26-19-29(31(44-6)20-30(26)42-13-11-25(12-14-42)41-17-15-40(5)16-18-41)38-34-36-21-27(35)33(39-34)37-28-10-9-23(3)24(4)32(28)45(7,8)43/h9-10,19-22,25H,11-18H2,1-8H3,(H2,36,37,38,39). The van der Waals surface area contributed by atoms with Crippen molar-refractivity contribution in [3.8, 4) is 5.75 Å². The lowest BCUT2D eigenvalue weighted by molar-refractivity contribution is 0.0982. The van der Waals surface area contributed by atoms with E-state index in [0.717, 1.165) is 59.7 Å². The van der Waals surface area contributed by atoms with Gasteiger partial charge < -0.3 is 29.7 Å². The molecule has 0 saturated carbocycles. The van der Waals surface area contributed by atoms with E-state index in [1.165, 1.54) is 37.2 Å². The largest absolute Gasteiger partial charge is 0.494 e. The topological polar surface area (TPSA) is 85.9 Å². The summed E-state index contributed by atoms with van der Waals surface area (Å²) in [6.07, 6.45) is 3.92. The number of nitrogens with zero attached hydrogens (tertiary/aromatic N) is 5. The molecule has 45 heavy (non-hydrogen) atoms. The molecule has 0 amide bonds. The summed E-state index contributed by atoms with van der Waals surface area (Å²) in [7, 11) is 1.33. The lowest BCUT2D eigenvalue weighted by atomic mass is 9.96. The van der Waals surface area contributed by atoms with E-state index < -0.39 is 7.14 Å². The highest BCUT2D eigenvalue weighted by atomic mass is 35.5. The smallest absolute Gasteiger partial charge is 0.229 e. The maximum atomic E-state index is 13.3. The van der Waals surface area contributed by atoms with Crippen LogP contribution < -0.4 is 25.6 Å². The van der Waals surface area contributed by atoms with Crippen molar-refractivity contribution in [1.82, 2.24) is 19.8 Å². The van der Waals surface area contributed by atoms with Crippen molar-refractivity contribution in [3.63, 3.8) is 0 Å². The minimum Gasteiger partial charge on any atom is -0.494 e. The van der Waals surface area contributed by atoms with Crippen molar-refractivity contribution < 1.29 is 9.30 Å². The highest BCUT2D eigenvalue weighted by molar-refractivity contribution is 7.70. The maximum absolute atomic E-state index is 13.3. The Hall–Kier alpha value is -2.84. The Morgan fingerprint density at radius 1 is 1.00 bits per heavy atom. The lowest BCUT2D eigenvalue weighted by Gasteiger charge is -2.43. The van der Waals surface area contributed by atoms with Crippen LogP contribution in [0.1, 0.15) is 49.3 Å². The molecule has 2 aliphatic rings. The van der Waals surface area contributed by atoms with Gasteiger partial charge in [0.05, 0.1) is 24.7 Å². The average molecular weight is 654 g/mol. The molecule has 3 heterocycles. The van der Waals surface area contributed by atoms with Gasteiger partial charge in [0.15, 0.2) is 5.82 Å². The number of hydrogen-bond acceptors (Lipinski definition) is 9. The summed E-state index contributed by atoms with van der Waals surface area (Å²) >= 11 is 6.57. The number of likely N-dealkylation sites (N-methyl/N-ethyl adjacent to an activating group) is 1. The number of piperazine rings is 1. The first kappa shape index (κ1) is 33.5. The lowest BCUT2D eigenvalue weighted by Crippen LogP contribution is -2.52. The van der Waals surface area contributed by atoms with E-state index in [9.17, 15) is 4.57 Å². The van der Waals surface area contributed by atoms with Gasteiger partial charge in [0.2, 0.25) is 5.95 Å². The van der Waals surface area contributed by atoms with Gasteiger partial charge in [0, 0.05) is 62.4 Å². The Morgan fingerprint density at radius 2 is 1.69 bits per heavy atom. The van der Waals surface area contributed by atoms with Crippen molar-refractivity contribution in [1.29, 1.82) is 0 Å². The van der Waals surface area contributed by atoms with Gasteiger partial charge >= 0.3 is 0 Å². The Bertz CT molecular complexity index is 1560. The fourth-order valence-corrected chi connectivity index (χ4v) is 8.44. The summed E-state index contributed by atoms with van der Waals surface area (Å²) in [4.78, 5) is 16.8. The Morgan fingerprint density at radius 3 is 2.31 bits per heavy atom. The van der Waals surface area contributed by atoms with E-state index in [4.69, 9.17) is 21.3 Å². The summed E-state index contributed by atoms with van der Waals surface area (Å²) in [5.41, 5.74) is 6.11. The van der Waals surface area contributed by atoms with E-state index in [1.807, 2.05) is 26.0 Å². The first-order chi connectivity index (χ1) is 21.3. The third kappa shape index (κ3) is 7.60. The second-order valence-corrected chi connectivity index (χ2v) is 16.8. The van der Waals surface area contributed by atoms with Gasteiger partial charge in [-0.3, -0.25) is 4.90 Å². The SMILES string of the molecule is COc1cc(N2CCC(N3CCN(C)CC3)CC2)c(C(C)C)cc1Nc1ncc(Cl)c(Nc2ccc(C)c(C)c2P(C)(C)=O)n1. The van der Waals surface area contributed by atoms with E-state index in [-0.39, 0.29) is 0 Å². The third-order valence-corrected chi connectivity index (χ3v) is 11.2. The van der Waals surface area contributed by atoms with E-state index in [1.54, 1.807) is 26.6 Å². The molecule has 5 rings (SSSR count). The highest BCUT2D eigenvalue weighted by Gasteiger charge is 2.29. The van der Waals surface area contributed by atoms with Crippen molar-refractivity contribution in [3.05, 3.63) is 52.2 Å². The number of halogens is 1. The Balaban J connectivity index is 1.38. The minimum atomic E-state index is -2.58. The van der Waals surface area contributed by atoms with Crippen LogP contribution in [-0.4, -0.2) is 92.6 Å². The second-order valence-electron chi connectivity index (χ2n) is 13.2. The third-order valence-electron chi connectivity index (χ3n) is 9.31.